The van der Waals surface area contributed by atoms with Crippen LogP contribution in [0.5, 0.6) is 0 Å². The van der Waals surface area contributed by atoms with Crippen LogP contribution >= 0.6 is 0 Å². The number of carbonyl (C=O) groups excluding carboxylic acids is 1. The molecule has 0 unspecified atom stereocenters. The Kier molecular flexibility index (Phi) is 5.16. The molecule has 0 saturated carbocycles. The Morgan fingerprint density at radius 1 is 1.30 bits per heavy atom. The van der Waals surface area contributed by atoms with Crippen LogP contribution in [0.1, 0.15) is 46.0 Å². The highest BCUT2D eigenvalue weighted by Crippen LogP contribution is 2.32. The van der Waals surface area contributed by atoms with Crippen molar-refractivity contribution in [1.82, 2.24) is 0 Å². The number of hydrogen-bond acceptors (Lipinski definition) is 2. The van der Waals surface area contributed by atoms with Crippen LogP contribution in [0.4, 0.5) is 10.1 Å². The van der Waals surface area contributed by atoms with E-state index in [2.05, 4.69) is 11.8 Å². The summed E-state index contributed by atoms with van der Waals surface area (Å²) in [6, 6.07) is 7.06. The first-order valence-electron chi connectivity index (χ1n) is 7.64. The van der Waals surface area contributed by atoms with Gasteiger partial charge in [0.15, 0.2) is 0 Å². The second kappa shape index (κ2) is 6.87. The number of unbranched alkanes of at least 4 members (excludes halogenated alkanes) is 2. The minimum atomic E-state index is -0.210. The molecule has 1 heterocycles. The van der Waals surface area contributed by atoms with E-state index in [1.807, 2.05) is 12.1 Å². The van der Waals surface area contributed by atoms with Crippen LogP contribution in [0.25, 0.3) is 0 Å². The van der Waals surface area contributed by atoms with Crippen LogP contribution in [-0.4, -0.2) is 18.4 Å². The lowest BCUT2D eigenvalue weighted by molar-refractivity contribution is -0.120. The molecule has 0 N–H and O–H groups in total. The van der Waals surface area contributed by atoms with Crippen molar-refractivity contribution in [1.29, 1.82) is 0 Å². The number of Topliss-reactive ketones (excluding diaryl/α,β-unsaturated/α-hetero) is 1. The number of hydrogen-bond donors (Lipinski definition) is 0. The summed E-state index contributed by atoms with van der Waals surface area (Å²) in [5, 5.41) is 0. The largest absolute Gasteiger partial charge is 0.368 e. The van der Waals surface area contributed by atoms with E-state index < -0.39 is 0 Å². The zero-order valence-electron chi connectivity index (χ0n) is 12.4. The fourth-order valence-corrected chi connectivity index (χ4v) is 3.06. The normalized spacial score (nSPS) is 22.2. The first kappa shape index (κ1) is 15.0. The molecule has 0 aromatic heterocycles. The minimum Gasteiger partial charge on any atom is -0.368 e. The third-order valence-electron chi connectivity index (χ3n) is 4.29. The second-order valence-electron chi connectivity index (χ2n) is 5.82. The Balaban J connectivity index is 2.09. The van der Waals surface area contributed by atoms with Gasteiger partial charge in [-0.2, -0.15) is 0 Å². The number of halogens is 1. The van der Waals surface area contributed by atoms with E-state index in [1.54, 1.807) is 6.92 Å². The lowest BCUT2D eigenvalue weighted by atomic mass is 9.98. The van der Waals surface area contributed by atoms with Gasteiger partial charge < -0.3 is 4.90 Å². The number of rotatable bonds is 6. The van der Waals surface area contributed by atoms with Gasteiger partial charge in [-0.3, -0.25) is 4.79 Å². The summed E-state index contributed by atoms with van der Waals surface area (Å²) in [6.45, 7) is 4.66. The number of benzene rings is 1. The molecule has 2 atom stereocenters. The molecule has 2 nitrogen and oxygen atoms in total. The highest BCUT2D eigenvalue weighted by atomic mass is 19.1. The molecule has 1 saturated heterocycles. The maximum absolute atomic E-state index is 13.1. The van der Waals surface area contributed by atoms with Gasteiger partial charge in [-0.05, 0) is 44.0 Å². The van der Waals surface area contributed by atoms with Crippen molar-refractivity contribution >= 4 is 11.5 Å². The first-order chi connectivity index (χ1) is 9.61. The molecule has 1 aliphatic rings. The first-order valence-corrected chi connectivity index (χ1v) is 7.64. The van der Waals surface area contributed by atoms with Gasteiger partial charge in [0.2, 0.25) is 0 Å². The third kappa shape index (κ3) is 3.59. The minimum absolute atomic E-state index is 0.131. The standard InChI is InChI=1S/C17H24FNO/c1-3-4-5-6-17-11-14(13(2)20)12-19(17)16-9-7-15(18)8-10-16/h7-10,14,17H,3-6,11-12H2,1-2H3/t14-,17-/m1/s1. The summed E-state index contributed by atoms with van der Waals surface area (Å²) in [5.74, 6) is 0.195. The van der Waals surface area contributed by atoms with Crippen molar-refractivity contribution in [3.8, 4) is 0 Å². The Bertz CT molecular complexity index is 443. The van der Waals surface area contributed by atoms with Crippen LogP contribution in [0.2, 0.25) is 0 Å². The maximum Gasteiger partial charge on any atom is 0.134 e. The van der Waals surface area contributed by atoms with Gasteiger partial charge in [0.05, 0.1) is 0 Å². The van der Waals surface area contributed by atoms with E-state index >= 15 is 0 Å². The van der Waals surface area contributed by atoms with Crippen molar-refractivity contribution in [2.24, 2.45) is 5.92 Å². The van der Waals surface area contributed by atoms with E-state index in [9.17, 15) is 9.18 Å². The smallest absolute Gasteiger partial charge is 0.134 e. The Morgan fingerprint density at radius 2 is 2.00 bits per heavy atom. The molecule has 0 radical (unpaired) electrons. The summed E-state index contributed by atoms with van der Waals surface area (Å²) in [7, 11) is 0. The summed E-state index contributed by atoms with van der Waals surface area (Å²) >= 11 is 0. The van der Waals surface area contributed by atoms with E-state index in [1.165, 1.54) is 31.4 Å². The molecule has 2 rings (SSSR count). The SMILES string of the molecule is CCCCC[C@@H]1C[C@@H](C(C)=O)CN1c1ccc(F)cc1. The summed E-state index contributed by atoms with van der Waals surface area (Å²) < 4.78 is 13.1. The molecule has 0 aliphatic carbocycles. The highest BCUT2D eigenvalue weighted by molar-refractivity contribution is 5.80. The Hall–Kier alpha value is -1.38. The van der Waals surface area contributed by atoms with Crippen LogP contribution in [-0.2, 0) is 4.79 Å². The van der Waals surface area contributed by atoms with Crippen molar-refractivity contribution < 1.29 is 9.18 Å². The van der Waals surface area contributed by atoms with Crippen LogP contribution in [0.15, 0.2) is 24.3 Å². The van der Waals surface area contributed by atoms with E-state index in [0.29, 0.717) is 6.04 Å². The number of anilines is 1. The zero-order chi connectivity index (χ0) is 14.5. The lowest BCUT2D eigenvalue weighted by Crippen LogP contribution is -2.29. The van der Waals surface area contributed by atoms with Gasteiger partial charge in [0, 0.05) is 24.2 Å². The average Bonchev–Trinajstić information content (AvgIpc) is 2.84. The number of carbonyl (C=O) groups is 1. The molecule has 1 aliphatic heterocycles. The van der Waals surface area contributed by atoms with E-state index in [4.69, 9.17) is 0 Å². The molecule has 0 amide bonds. The zero-order valence-corrected chi connectivity index (χ0v) is 12.4. The van der Waals surface area contributed by atoms with Gasteiger partial charge in [0.1, 0.15) is 11.6 Å². The van der Waals surface area contributed by atoms with Crippen molar-refractivity contribution in [2.45, 2.75) is 52.0 Å². The molecular formula is C17H24FNO. The molecule has 0 spiro atoms. The van der Waals surface area contributed by atoms with E-state index in [0.717, 1.165) is 25.1 Å². The summed E-state index contributed by atoms with van der Waals surface area (Å²) in [5.41, 5.74) is 1.04. The highest BCUT2D eigenvalue weighted by Gasteiger charge is 2.33. The average molecular weight is 277 g/mol. The van der Waals surface area contributed by atoms with Crippen LogP contribution < -0.4 is 4.90 Å². The molecule has 110 valence electrons. The summed E-state index contributed by atoms with van der Waals surface area (Å²) in [4.78, 5) is 14.0. The third-order valence-corrected chi connectivity index (χ3v) is 4.29. The monoisotopic (exact) mass is 277 g/mol. The summed E-state index contributed by atoms with van der Waals surface area (Å²) in [6.07, 6.45) is 5.70. The molecule has 0 bridgehead atoms. The van der Waals surface area contributed by atoms with Crippen molar-refractivity contribution in [3.05, 3.63) is 30.1 Å². The topological polar surface area (TPSA) is 20.3 Å². The fraction of sp³-hybridized carbons (Fsp3) is 0.588. The molecule has 1 aromatic carbocycles. The van der Waals surface area contributed by atoms with Gasteiger partial charge in [-0.1, -0.05) is 26.2 Å². The molecule has 20 heavy (non-hydrogen) atoms. The number of nitrogens with zero attached hydrogens (tertiary/aromatic N) is 1. The predicted molar refractivity (Wildman–Crippen MR) is 80.5 cm³/mol. The Morgan fingerprint density at radius 3 is 2.60 bits per heavy atom. The Labute approximate surface area is 121 Å². The molecule has 3 heteroatoms. The molecular weight excluding hydrogens is 253 g/mol. The lowest BCUT2D eigenvalue weighted by Gasteiger charge is -2.26. The second-order valence-corrected chi connectivity index (χ2v) is 5.82. The van der Waals surface area contributed by atoms with E-state index in [-0.39, 0.29) is 17.5 Å². The van der Waals surface area contributed by atoms with Crippen LogP contribution in [0, 0.1) is 11.7 Å². The number of ketones is 1. The maximum atomic E-state index is 13.1. The van der Waals surface area contributed by atoms with Gasteiger partial charge in [-0.25, -0.2) is 4.39 Å². The van der Waals surface area contributed by atoms with Crippen molar-refractivity contribution in [2.75, 3.05) is 11.4 Å². The van der Waals surface area contributed by atoms with Crippen molar-refractivity contribution in [3.63, 3.8) is 0 Å². The predicted octanol–water partition coefficient (Wildman–Crippen LogP) is 4.19. The van der Waals surface area contributed by atoms with Gasteiger partial charge in [-0.15, -0.1) is 0 Å². The van der Waals surface area contributed by atoms with Gasteiger partial charge >= 0.3 is 0 Å². The van der Waals surface area contributed by atoms with Crippen LogP contribution in [0.3, 0.4) is 0 Å². The quantitative estimate of drug-likeness (QED) is 0.727. The van der Waals surface area contributed by atoms with Gasteiger partial charge in [0.25, 0.3) is 0 Å². The fourth-order valence-electron chi connectivity index (χ4n) is 3.06. The molecule has 1 fully saturated rings. The molecule has 1 aromatic rings.